The lowest BCUT2D eigenvalue weighted by Crippen LogP contribution is -2.31. The van der Waals surface area contributed by atoms with Crippen molar-refractivity contribution in [1.82, 2.24) is 5.32 Å². The highest BCUT2D eigenvalue weighted by atomic mass is 16.5. The number of esters is 1. The normalized spacial score (nSPS) is 10.6. The molecule has 2 rings (SSSR count). The van der Waals surface area contributed by atoms with Crippen LogP contribution < -0.4 is 5.32 Å². The van der Waals surface area contributed by atoms with Gasteiger partial charge in [0.15, 0.2) is 12.4 Å². The smallest absolute Gasteiger partial charge is 0.325 e. The zero-order valence-corrected chi connectivity index (χ0v) is 16.2. The molecular weight excluding hydrogens is 342 g/mol. The minimum atomic E-state index is -0.653. The van der Waals surface area contributed by atoms with Crippen LogP contribution in [0, 0.1) is 13.8 Å². The van der Waals surface area contributed by atoms with Crippen LogP contribution in [0.25, 0.3) is 0 Å². The van der Waals surface area contributed by atoms with Crippen LogP contribution >= 0.6 is 0 Å². The molecule has 5 heteroatoms. The van der Waals surface area contributed by atoms with E-state index in [0.717, 1.165) is 16.7 Å². The fourth-order valence-corrected chi connectivity index (χ4v) is 2.69. The van der Waals surface area contributed by atoms with Gasteiger partial charge in [-0.1, -0.05) is 55.3 Å². The Balaban J connectivity index is 1.81. The van der Waals surface area contributed by atoms with E-state index in [1.165, 1.54) is 0 Å². The Morgan fingerprint density at radius 1 is 0.926 bits per heavy atom. The Labute approximate surface area is 159 Å². The first-order valence-corrected chi connectivity index (χ1v) is 8.91. The Bertz CT molecular complexity index is 818. The van der Waals surface area contributed by atoms with Crippen LogP contribution in [0.1, 0.15) is 57.2 Å². The number of hydrogen-bond acceptors (Lipinski definition) is 4. The van der Waals surface area contributed by atoms with Crippen LogP contribution in [0.3, 0.4) is 0 Å². The lowest BCUT2D eigenvalue weighted by molar-refractivity contribution is -0.141. The van der Waals surface area contributed by atoms with Gasteiger partial charge in [0.25, 0.3) is 5.91 Å². The van der Waals surface area contributed by atoms with E-state index in [2.05, 4.69) is 19.2 Å². The second-order valence-corrected chi connectivity index (χ2v) is 6.92. The summed E-state index contributed by atoms with van der Waals surface area (Å²) in [5, 5.41) is 2.51. The molecule has 0 fully saturated rings. The van der Waals surface area contributed by atoms with Gasteiger partial charge in [-0.15, -0.1) is 0 Å². The highest BCUT2D eigenvalue weighted by Crippen LogP contribution is 2.15. The SMILES string of the molecule is Cc1cc(C)cc(C(=O)NCC(=O)OCC(=O)c2ccc(C(C)C)cc2)c1. The van der Waals surface area contributed by atoms with Crippen LogP contribution in [-0.2, 0) is 9.53 Å². The molecule has 0 aliphatic heterocycles. The van der Waals surface area contributed by atoms with E-state index in [1.54, 1.807) is 24.3 Å². The Hall–Kier alpha value is -2.95. The molecular formula is C22H25NO4. The van der Waals surface area contributed by atoms with Gasteiger partial charge in [0.05, 0.1) is 0 Å². The standard InChI is InChI=1S/C22H25NO4/c1-14(2)17-5-7-18(8-6-17)20(24)13-27-21(25)12-23-22(26)19-10-15(3)9-16(4)11-19/h5-11,14H,12-13H2,1-4H3,(H,23,26). The molecule has 0 heterocycles. The molecule has 1 amide bonds. The van der Waals surface area contributed by atoms with Crippen molar-refractivity contribution in [3.8, 4) is 0 Å². The zero-order valence-electron chi connectivity index (χ0n) is 16.2. The summed E-state index contributed by atoms with van der Waals surface area (Å²) in [4.78, 5) is 36.0. The van der Waals surface area contributed by atoms with Gasteiger partial charge in [-0.25, -0.2) is 0 Å². The van der Waals surface area contributed by atoms with Crippen molar-refractivity contribution >= 4 is 17.7 Å². The third-order valence-electron chi connectivity index (χ3n) is 4.14. The van der Waals surface area contributed by atoms with Gasteiger partial charge in [-0.2, -0.15) is 0 Å². The third kappa shape index (κ3) is 6.06. The zero-order chi connectivity index (χ0) is 20.0. The quantitative estimate of drug-likeness (QED) is 0.600. The van der Waals surface area contributed by atoms with E-state index in [4.69, 9.17) is 4.74 Å². The molecule has 0 atom stereocenters. The van der Waals surface area contributed by atoms with E-state index < -0.39 is 5.97 Å². The average molecular weight is 367 g/mol. The van der Waals surface area contributed by atoms with Crippen molar-refractivity contribution in [3.63, 3.8) is 0 Å². The number of aryl methyl sites for hydroxylation is 2. The van der Waals surface area contributed by atoms with Crippen LogP contribution in [0.5, 0.6) is 0 Å². The molecule has 1 N–H and O–H groups in total. The number of Topliss-reactive ketones (excluding diaryl/α,β-unsaturated/α-hetero) is 1. The molecule has 0 bridgehead atoms. The molecule has 0 unspecified atom stereocenters. The second kappa shape index (κ2) is 9.12. The second-order valence-electron chi connectivity index (χ2n) is 6.92. The van der Waals surface area contributed by atoms with E-state index in [1.807, 2.05) is 32.0 Å². The monoisotopic (exact) mass is 367 g/mol. The number of carbonyl (C=O) groups excluding carboxylic acids is 3. The van der Waals surface area contributed by atoms with E-state index >= 15 is 0 Å². The molecule has 0 spiro atoms. The minimum absolute atomic E-state index is 0.278. The number of hydrogen-bond donors (Lipinski definition) is 1. The summed E-state index contributed by atoms with van der Waals surface area (Å²) in [5.74, 6) is -0.902. The molecule has 0 saturated carbocycles. The minimum Gasteiger partial charge on any atom is -0.456 e. The average Bonchev–Trinajstić information content (AvgIpc) is 2.63. The lowest BCUT2D eigenvalue weighted by Gasteiger charge is -2.08. The summed E-state index contributed by atoms with van der Waals surface area (Å²) in [7, 11) is 0. The summed E-state index contributed by atoms with van der Waals surface area (Å²) >= 11 is 0. The molecule has 0 aliphatic rings. The van der Waals surface area contributed by atoms with Crippen molar-refractivity contribution in [2.75, 3.05) is 13.2 Å². The summed E-state index contributed by atoms with van der Waals surface area (Å²) in [6.07, 6.45) is 0. The van der Waals surface area contributed by atoms with Crippen molar-refractivity contribution in [2.24, 2.45) is 0 Å². The summed E-state index contributed by atoms with van der Waals surface area (Å²) in [6, 6.07) is 12.7. The van der Waals surface area contributed by atoms with Crippen LogP contribution in [-0.4, -0.2) is 30.8 Å². The third-order valence-corrected chi connectivity index (χ3v) is 4.14. The predicted octanol–water partition coefficient (Wildman–Crippen LogP) is 3.58. The molecule has 2 aromatic carbocycles. The predicted molar refractivity (Wildman–Crippen MR) is 104 cm³/mol. The number of amides is 1. The number of ether oxygens (including phenoxy) is 1. The summed E-state index contributed by atoms with van der Waals surface area (Å²) in [5.41, 5.74) is 4.05. The molecule has 0 aromatic heterocycles. The van der Waals surface area contributed by atoms with Crippen molar-refractivity contribution in [2.45, 2.75) is 33.6 Å². The molecule has 0 aliphatic carbocycles. The van der Waals surface area contributed by atoms with Crippen LogP contribution in [0.15, 0.2) is 42.5 Å². The lowest BCUT2D eigenvalue weighted by atomic mass is 10.0. The van der Waals surface area contributed by atoms with Crippen molar-refractivity contribution in [3.05, 3.63) is 70.3 Å². The number of nitrogens with one attached hydrogen (secondary N) is 1. The van der Waals surface area contributed by atoms with Crippen molar-refractivity contribution in [1.29, 1.82) is 0 Å². The highest BCUT2D eigenvalue weighted by molar-refractivity contribution is 5.99. The fourth-order valence-electron chi connectivity index (χ4n) is 2.69. The molecule has 0 saturated heterocycles. The largest absolute Gasteiger partial charge is 0.456 e. The Kier molecular flexibility index (Phi) is 6.88. The summed E-state index contributed by atoms with van der Waals surface area (Å²) in [6.45, 7) is 7.31. The number of benzene rings is 2. The van der Waals surface area contributed by atoms with E-state index in [9.17, 15) is 14.4 Å². The maximum Gasteiger partial charge on any atom is 0.325 e. The Morgan fingerprint density at radius 2 is 1.52 bits per heavy atom. The molecule has 0 radical (unpaired) electrons. The van der Waals surface area contributed by atoms with Crippen LogP contribution in [0.2, 0.25) is 0 Å². The Morgan fingerprint density at radius 3 is 2.07 bits per heavy atom. The number of rotatable bonds is 7. The number of ketones is 1. The van der Waals surface area contributed by atoms with Gasteiger partial charge in [-0.3, -0.25) is 14.4 Å². The van der Waals surface area contributed by atoms with Gasteiger partial charge in [-0.05, 0) is 37.5 Å². The first-order chi connectivity index (χ1) is 12.8. The molecule has 142 valence electrons. The van der Waals surface area contributed by atoms with Crippen molar-refractivity contribution < 1.29 is 19.1 Å². The fraction of sp³-hybridized carbons (Fsp3) is 0.318. The topological polar surface area (TPSA) is 72.5 Å². The highest BCUT2D eigenvalue weighted by Gasteiger charge is 2.13. The maximum absolute atomic E-state index is 12.1. The van der Waals surface area contributed by atoms with Gasteiger partial charge < -0.3 is 10.1 Å². The first-order valence-electron chi connectivity index (χ1n) is 8.91. The molecule has 5 nitrogen and oxygen atoms in total. The van der Waals surface area contributed by atoms with Gasteiger partial charge in [0.1, 0.15) is 6.54 Å². The molecule has 2 aromatic rings. The van der Waals surface area contributed by atoms with Gasteiger partial charge in [0, 0.05) is 11.1 Å². The van der Waals surface area contributed by atoms with E-state index in [0.29, 0.717) is 17.0 Å². The van der Waals surface area contributed by atoms with E-state index in [-0.39, 0.29) is 24.8 Å². The van der Waals surface area contributed by atoms with Gasteiger partial charge in [0.2, 0.25) is 0 Å². The van der Waals surface area contributed by atoms with Gasteiger partial charge >= 0.3 is 5.97 Å². The maximum atomic E-state index is 12.1. The summed E-state index contributed by atoms with van der Waals surface area (Å²) < 4.78 is 4.97. The molecule has 27 heavy (non-hydrogen) atoms. The first kappa shape index (κ1) is 20.4. The number of carbonyl (C=O) groups is 3. The van der Waals surface area contributed by atoms with Crippen LogP contribution in [0.4, 0.5) is 0 Å².